The second-order valence-corrected chi connectivity index (χ2v) is 9.86. The van der Waals surface area contributed by atoms with Crippen LogP contribution in [-0.2, 0) is 14.8 Å². The van der Waals surface area contributed by atoms with Crippen LogP contribution in [0.5, 0.6) is 0 Å². The van der Waals surface area contributed by atoms with Crippen molar-refractivity contribution in [2.45, 2.75) is 30.7 Å². The number of carbonyl (C=O) groups is 1. The van der Waals surface area contributed by atoms with Gasteiger partial charge in [0.05, 0.1) is 22.7 Å². The van der Waals surface area contributed by atoms with Gasteiger partial charge in [0.15, 0.2) is 0 Å². The van der Waals surface area contributed by atoms with Gasteiger partial charge >= 0.3 is 5.97 Å². The van der Waals surface area contributed by atoms with Crippen LogP contribution in [0.15, 0.2) is 28.0 Å². The third-order valence-corrected chi connectivity index (χ3v) is 7.92. The zero-order valence-electron chi connectivity index (χ0n) is 16.5. The van der Waals surface area contributed by atoms with Crippen LogP contribution < -0.4 is 10.4 Å². The van der Waals surface area contributed by atoms with Crippen molar-refractivity contribution in [1.29, 1.82) is 0 Å². The minimum Gasteiger partial charge on any atom is -0.462 e. The third kappa shape index (κ3) is 3.83. The first-order valence-corrected chi connectivity index (χ1v) is 11.9. The predicted octanol–water partition coefficient (Wildman–Crippen LogP) is 2.74. The van der Waals surface area contributed by atoms with Crippen LogP contribution in [0.4, 0.5) is 0 Å². The number of fused-ring (bicyclic) bond motifs is 3. The fourth-order valence-electron chi connectivity index (χ4n) is 3.74. The van der Waals surface area contributed by atoms with Gasteiger partial charge in [0.1, 0.15) is 10.4 Å². The van der Waals surface area contributed by atoms with Gasteiger partial charge in [-0.3, -0.25) is 4.79 Å². The highest BCUT2D eigenvalue weighted by Crippen LogP contribution is 2.34. The summed E-state index contributed by atoms with van der Waals surface area (Å²) in [5, 5.41) is 0.624. The molecule has 31 heavy (non-hydrogen) atoms. The number of aromatic nitrogens is 2. The van der Waals surface area contributed by atoms with Gasteiger partial charge in [-0.2, -0.15) is 4.31 Å². The van der Waals surface area contributed by atoms with Crippen LogP contribution >= 0.6 is 23.4 Å². The molecule has 3 aromatic rings. The van der Waals surface area contributed by atoms with E-state index in [9.17, 15) is 18.0 Å². The van der Waals surface area contributed by atoms with E-state index < -0.39 is 21.6 Å². The lowest BCUT2D eigenvalue weighted by Gasteiger charge is -2.18. The van der Waals surface area contributed by atoms with Crippen LogP contribution in [0.25, 0.3) is 21.8 Å². The van der Waals surface area contributed by atoms with E-state index >= 15 is 0 Å². The molecule has 2 aromatic heterocycles. The Balaban J connectivity index is 1.92. The molecule has 0 aliphatic carbocycles. The molecule has 4 rings (SSSR count). The summed E-state index contributed by atoms with van der Waals surface area (Å²) in [6, 6.07) is 2.60. The normalized spacial score (nSPS) is 17.6. The summed E-state index contributed by atoms with van der Waals surface area (Å²) in [6.45, 7) is 2.59. The molecule has 0 spiro atoms. The topological polar surface area (TPSA) is 124 Å². The second-order valence-electron chi connectivity index (χ2n) is 7.33. The van der Waals surface area contributed by atoms with Crippen molar-refractivity contribution in [2.24, 2.45) is 0 Å². The Kier molecular flexibility index (Phi) is 6.01. The molecule has 0 unspecified atom stereocenters. The first-order chi connectivity index (χ1) is 14.8. The minimum absolute atomic E-state index is 0.0320. The van der Waals surface area contributed by atoms with Crippen molar-refractivity contribution < 1.29 is 17.9 Å². The van der Waals surface area contributed by atoms with Gasteiger partial charge in [0.25, 0.3) is 5.56 Å². The molecule has 1 aromatic carbocycles. The maximum Gasteiger partial charge on any atom is 0.340 e. The van der Waals surface area contributed by atoms with Gasteiger partial charge in [0, 0.05) is 36.1 Å². The lowest BCUT2D eigenvalue weighted by atomic mass is 10.1. The number of hydrogen-bond acceptors (Lipinski definition) is 6. The van der Waals surface area contributed by atoms with E-state index in [1.54, 1.807) is 0 Å². The number of ether oxygens (including phenoxy) is 1. The molecule has 0 bridgehead atoms. The highest BCUT2D eigenvalue weighted by Gasteiger charge is 2.34. The summed E-state index contributed by atoms with van der Waals surface area (Å²) in [5.41, 5.74) is 0.151. The van der Waals surface area contributed by atoms with Gasteiger partial charge < -0.3 is 14.7 Å². The molecule has 1 aliphatic heterocycles. The predicted molar refractivity (Wildman–Crippen MR) is 118 cm³/mol. The quantitative estimate of drug-likeness (QED) is 0.363. The molecule has 1 saturated heterocycles. The number of hydrogen-bond donors (Lipinski definition) is 3. The zero-order valence-corrected chi connectivity index (χ0v) is 18.8. The van der Waals surface area contributed by atoms with Gasteiger partial charge in [0.2, 0.25) is 10.0 Å². The van der Waals surface area contributed by atoms with Crippen molar-refractivity contribution in [3.05, 3.63) is 39.3 Å². The van der Waals surface area contributed by atoms with Crippen LogP contribution in [0.1, 0.15) is 30.1 Å². The number of aromatic amines is 2. The zero-order chi connectivity index (χ0) is 22.3. The highest BCUT2D eigenvalue weighted by atomic mass is 35.5. The number of esters is 1. The molecule has 9 nitrogen and oxygen atoms in total. The van der Waals surface area contributed by atoms with Crippen molar-refractivity contribution in [2.75, 3.05) is 19.7 Å². The number of carbonyl (C=O) groups excluding carboxylic acids is 1. The number of pyridine rings is 1. The maximum atomic E-state index is 13.3. The Morgan fingerprint density at radius 3 is 2.84 bits per heavy atom. The molecule has 3 heterocycles. The molecule has 0 amide bonds. The van der Waals surface area contributed by atoms with E-state index in [-0.39, 0.29) is 45.6 Å². The van der Waals surface area contributed by atoms with E-state index in [0.29, 0.717) is 30.3 Å². The molecule has 1 atom stereocenters. The number of halogens is 2. The summed E-state index contributed by atoms with van der Waals surface area (Å²) < 4.78 is 33.0. The number of rotatable bonds is 6. The van der Waals surface area contributed by atoms with Crippen molar-refractivity contribution in [1.82, 2.24) is 19.1 Å². The number of nitrogens with one attached hydrogen (secondary N) is 3. The molecule has 0 saturated carbocycles. The average molecular weight is 487 g/mol. The molecule has 3 N–H and O–H groups in total. The Morgan fingerprint density at radius 2 is 2.16 bits per heavy atom. The summed E-state index contributed by atoms with van der Waals surface area (Å²) >= 11 is 12.0. The first kappa shape index (κ1) is 22.1. The number of benzene rings is 1. The van der Waals surface area contributed by atoms with Crippen molar-refractivity contribution >= 4 is 61.2 Å². The van der Waals surface area contributed by atoms with E-state index in [1.165, 1.54) is 22.6 Å². The maximum absolute atomic E-state index is 13.3. The van der Waals surface area contributed by atoms with Gasteiger partial charge in [-0.1, -0.05) is 18.5 Å². The van der Waals surface area contributed by atoms with Crippen molar-refractivity contribution in [3.63, 3.8) is 0 Å². The second kappa shape index (κ2) is 8.44. The fourth-order valence-corrected chi connectivity index (χ4v) is 5.94. The number of sulfonamides is 1. The number of nitrogens with zero attached hydrogens (tertiary/aromatic N) is 1. The molecule has 0 radical (unpaired) electrons. The van der Waals surface area contributed by atoms with Crippen LogP contribution in [0, 0.1) is 0 Å². The Hall–Kier alpha value is -2.11. The summed E-state index contributed by atoms with van der Waals surface area (Å²) in [6.07, 6.45) is 2.59. The standard InChI is InChI=1S/C19H20Cl2N4O5S/c1-2-5-30-19(27)12-8-22-17-16(12)11-6-15(13(20)7-14(11)23-18(17)26)31(28,29)25-4-3-10(9-25)24-21/h6-8,10,22,24H,2-5,9H2,1H3,(H,23,26)/t10-/m0/s1. The molecule has 1 fully saturated rings. The molecular weight excluding hydrogens is 467 g/mol. The van der Waals surface area contributed by atoms with Gasteiger partial charge in [-0.25, -0.2) is 18.0 Å². The first-order valence-electron chi connectivity index (χ1n) is 9.68. The minimum atomic E-state index is -3.93. The van der Waals surface area contributed by atoms with Gasteiger partial charge in [-0.15, -0.1) is 0 Å². The van der Waals surface area contributed by atoms with E-state index in [4.69, 9.17) is 28.1 Å². The Bertz CT molecular complexity index is 1330. The van der Waals surface area contributed by atoms with Gasteiger partial charge in [-0.05, 0) is 36.8 Å². The highest BCUT2D eigenvalue weighted by molar-refractivity contribution is 7.89. The van der Waals surface area contributed by atoms with Crippen molar-refractivity contribution in [3.8, 4) is 0 Å². The van der Waals surface area contributed by atoms with Crippen LogP contribution in [-0.4, -0.2) is 54.4 Å². The summed E-state index contributed by atoms with van der Waals surface area (Å²) in [5.74, 6) is -0.602. The summed E-state index contributed by atoms with van der Waals surface area (Å²) in [7, 11) is -3.93. The third-order valence-electron chi connectivity index (χ3n) is 5.28. The van der Waals surface area contributed by atoms with E-state index in [1.807, 2.05) is 6.92 Å². The smallest absolute Gasteiger partial charge is 0.340 e. The van der Waals surface area contributed by atoms with Crippen LogP contribution in [0.3, 0.4) is 0 Å². The summed E-state index contributed by atoms with van der Waals surface area (Å²) in [4.78, 5) is 32.9. The number of H-pyrrole nitrogens is 2. The van der Waals surface area contributed by atoms with E-state index in [2.05, 4.69) is 14.8 Å². The monoisotopic (exact) mass is 486 g/mol. The van der Waals surface area contributed by atoms with Crippen LogP contribution in [0.2, 0.25) is 5.02 Å². The largest absolute Gasteiger partial charge is 0.462 e. The Labute approximate surface area is 187 Å². The molecule has 1 aliphatic rings. The molecule has 166 valence electrons. The lowest BCUT2D eigenvalue weighted by molar-refractivity contribution is 0.0507. The van der Waals surface area contributed by atoms with E-state index in [0.717, 1.165) is 0 Å². The lowest BCUT2D eigenvalue weighted by Crippen LogP contribution is -2.32. The Morgan fingerprint density at radius 1 is 1.39 bits per heavy atom. The molecular formula is C19H20Cl2N4O5S. The SMILES string of the molecule is CCCOC(=O)c1c[nH]c2c(=O)[nH]c3cc(Cl)c(S(=O)(=O)N4CC[C@H](NCl)C4)cc3c12. The fraction of sp³-hybridized carbons (Fsp3) is 0.368. The molecule has 12 heteroatoms. The average Bonchev–Trinajstić information content (AvgIpc) is 3.39.